The Morgan fingerprint density at radius 1 is 1.65 bits per heavy atom. The van der Waals surface area contributed by atoms with Crippen LogP contribution in [0.2, 0.25) is 0 Å². The molecule has 0 N–H and O–H groups in total. The van der Waals surface area contributed by atoms with Gasteiger partial charge < -0.3 is 9.47 Å². The highest BCUT2D eigenvalue weighted by atomic mass is 32.1. The van der Waals surface area contributed by atoms with Crippen molar-refractivity contribution in [3.63, 3.8) is 0 Å². The lowest BCUT2D eigenvalue weighted by Crippen LogP contribution is -2.18. The number of ether oxygens (including phenoxy) is 2. The average molecular weight is 293 g/mol. The lowest BCUT2D eigenvalue weighted by atomic mass is 10.2. The van der Waals surface area contributed by atoms with Gasteiger partial charge in [-0.05, 0) is 12.8 Å². The van der Waals surface area contributed by atoms with Crippen molar-refractivity contribution in [1.82, 2.24) is 14.8 Å². The molecule has 1 unspecified atom stereocenters. The summed E-state index contributed by atoms with van der Waals surface area (Å²) in [5.41, 5.74) is 1.24. The Labute approximate surface area is 120 Å². The average Bonchev–Trinajstić information content (AvgIpc) is 3.16. The standard InChI is InChI=1S/C13H15N3O3S/c1-16-6-9(5-14-16)12-15-11(8-20-12)13(17)19-7-10-3-2-4-18-10/h5-6,8,10H,2-4,7H2,1H3. The first-order valence-electron chi connectivity index (χ1n) is 6.45. The van der Waals surface area contributed by atoms with Crippen molar-refractivity contribution >= 4 is 17.3 Å². The molecule has 1 fully saturated rings. The number of aryl methyl sites for hydroxylation is 1. The highest BCUT2D eigenvalue weighted by Crippen LogP contribution is 2.23. The molecule has 3 rings (SSSR count). The van der Waals surface area contributed by atoms with Crippen LogP contribution in [0.25, 0.3) is 10.6 Å². The minimum atomic E-state index is -0.396. The summed E-state index contributed by atoms with van der Waals surface area (Å²) in [6, 6.07) is 0. The number of carbonyl (C=O) groups excluding carboxylic acids is 1. The number of esters is 1. The SMILES string of the molecule is Cn1cc(-c2nc(C(=O)OCC3CCCO3)cs2)cn1. The molecule has 20 heavy (non-hydrogen) atoms. The number of aromatic nitrogens is 3. The van der Waals surface area contributed by atoms with E-state index < -0.39 is 5.97 Å². The maximum atomic E-state index is 11.9. The Hall–Kier alpha value is -1.73. The third-order valence-electron chi connectivity index (χ3n) is 3.09. The summed E-state index contributed by atoms with van der Waals surface area (Å²) in [5.74, 6) is -0.396. The van der Waals surface area contributed by atoms with Crippen LogP contribution >= 0.6 is 11.3 Å². The predicted molar refractivity (Wildman–Crippen MR) is 73.6 cm³/mol. The molecule has 0 saturated carbocycles. The zero-order chi connectivity index (χ0) is 13.9. The van der Waals surface area contributed by atoms with Crippen LogP contribution in [-0.4, -0.2) is 40.1 Å². The number of hydrogen-bond acceptors (Lipinski definition) is 6. The summed E-state index contributed by atoms with van der Waals surface area (Å²) in [6.45, 7) is 1.06. The van der Waals surface area contributed by atoms with E-state index >= 15 is 0 Å². The fourth-order valence-corrected chi connectivity index (χ4v) is 2.81. The second kappa shape index (κ2) is 5.72. The van der Waals surface area contributed by atoms with Gasteiger partial charge in [0.05, 0.1) is 12.3 Å². The lowest BCUT2D eigenvalue weighted by Gasteiger charge is -2.08. The van der Waals surface area contributed by atoms with Gasteiger partial charge in [-0.25, -0.2) is 9.78 Å². The van der Waals surface area contributed by atoms with Gasteiger partial charge in [0.1, 0.15) is 11.6 Å². The fraction of sp³-hybridized carbons (Fsp3) is 0.462. The van der Waals surface area contributed by atoms with Crippen LogP contribution < -0.4 is 0 Å². The minimum Gasteiger partial charge on any atom is -0.458 e. The van der Waals surface area contributed by atoms with Gasteiger partial charge in [0.2, 0.25) is 0 Å². The van der Waals surface area contributed by atoms with Crippen molar-refractivity contribution in [2.75, 3.05) is 13.2 Å². The Morgan fingerprint density at radius 3 is 3.25 bits per heavy atom. The van der Waals surface area contributed by atoms with Gasteiger partial charge >= 0.3 is 5.97 Å². The summed E-state index contributed by atoms with van der Waals surface area (Å²) >= 11 is 1.41. The van der Waals surface area contributed by atoms with Crippen LogP contribution in [0.1, 0.15) is 23.3 Å². The first-order valence-corrected chi connectivity index (χ1v) is 7.33. The Morgan fingerprint density at radius 2 is 2.55 bits per heavy atom. The molecular weight excluding hydrogens is 278 g/mol. The van der Waals surface area contributed by atoms with Crippen LogP contribution in [0, 0.1) is 0 Å². The first kappa shape index (κ1) is 13.3. The van der Waals surface area contributed by atoms with Gasteiger partial charge in [-0.3, -0.25) is 4.68 Å². The van der Waals surface area contributed by atoms with E-state index in [9.17, 15) is 4.79 Å². The number of rotatable bonds is 4. The third-order valence-corrected chi connectivity index (χ3v) is 3.98. The molecule has 7 heteroatoms. The Bertz CT molecular complexity index is 602. The van der Waals surface area contributed by atoms with Gasteiger partial charge in [0.15, 0.2) is 5.69 Å². The molecular formula is C13H15N3O3S. The molecule has 0 aromatic carbocycles. The third kappa shape index (κ3) is 2.88. The zero-order valence-electron chi connectivity index (χ0n) is 11.1. The van der Waals surface area contributed by atoms with Crippen LogP contribution in [0.15, 0.2) is 17.8 Å². The van der Waals surface area contributed by atoms with Crippen LogP contribution in [0.5, 0.6) is 0 Å². The van der Waals surface area contributed by atoms with Crippen molar-refractivity contribution in [1.29, 1.82) is 0 Å². The van der Waals surface area contributed by atoms with Gasteiger partial charge in [0.25, 0.3) is 0 Å². The minimum absolute atomic E-state index is 0.0374. The summed E-state index contributed by atoms with van der Waals surface area (Å²) < 4.78 is 12.3. The molecule has 0 radical (unpaired) electrons. The number of nitrogens with zero attached hydrogens (tertiary/aromatic N) is 3. The summed E-state index contributed by atoms with van der Waals surface area (Å²) in [4.78, 5) is 16.2. The van der Waals surface area contributed by atoms with E-state index in [1.807, 2.05) is 13.2 Å². The van der Waals surface area contributed by atoms with Crippen molar-refractivity contribution < 1.29 is 14.3 Å². The Kier molecular flexibility index (Phi) is 3.79. The number of thiazole rings is 1. The van der Waals surface area contributed by atoms with Crippen LogP contribution in [0.4, 0.5) is 0 Å². The van der Waals surface area contributed by atoms with E-state index in [1.54, 1.807) is 16.3 Å². The van der Waals surface area contributed by atoms with Gasteiger partial charge in [-0.1, -0.05) is 0 Å². The second-order valence-electron chi connectivity index (χ2n) is 4.67. The van der Waals surface area contributed by atoms with E-state index in [1.165, 1.54) is 11.3 Å². The van der Waals surface area contributed by atoms with Crippen molar-refractivity contribution in [2.45, 2.75) is 18.9 Å². The highest BCUT2D eigenvalue weighted by molar-refractivity contribution is 7.13. The van der Waals surface area contributed by atoms with E-state index in [2.05, 4.69) is 10.1 Å². The molecule has 2 aromatic rings. The van der Waals surface area contributed by atoms with Crippen LogP contribution in [-0.2, 0) is 16.5 Å². The largest absolute Gasteiger partial charge is 0.458 e. The van der Waals surface area contributed by atoms with E-state index in [0.717, 1.165) is 30.0 Å². The van der Waals surface area contributed by atoms with Crippen molar-refractivity contribution in [3.8, 4) is 10.6 Å². The maximum Gasteiger partial charge on any atom is 0.357 e. The second-order valence-corrected chi connectivity index (χ2v) is 5.53. The van der Waals surface area contributed by atoms with Gasteiger partial charge in [-0.15, -0.1) is 11.3 Å². The fourth-order valence-electron chi connectivity index (χ4n) is 2.05. The molecule has 106 valence electrons. The number of hydrogen-bond donors (Lipinski definition) is 0. The molecule has 0 bridgehead atoms. The summed E-state index contributed by atoms with van der Waals surface area (Å²) in [7, 11) is 1.84. The van der Waals surface area contributed by atoms with E-state index in [0.29, 0.717) is 12.3 Å². The monoisotopic (exact) mass is 293 g/mol. The molecule has 0 amide bonds. The zero-order valence-corrected chi connectivity index (χ0v) is 11.9. The predicted octanol–water partition coefficient (Wildman–Crippen LogP) is 1.88. The highest BCUT2D eigenvalue weighted by Gasteiger charge is 2.19. The molecule has 1 saturated heterocycles. The maximum absolute atomic E-state index is 11.9. The Balaban J connectivity index is 1.62. The smallest absolute Gasteiger partial charge is 0.357 e. The topological polar surface area (TPSA) is 66.2 Å². The molecule has 1 atom stereocenters. The summed E-state index contributed by atoms with van der Waals surface area (Å²) in [5, 5.41) is 6.56. The molecule has 2 aromatic heterocycles. The normalized spacial score (nSPS) is 18.4. The number of carbonyl (C=O) groups is 1. The molecule has 1 aliphatic rings. The van der Waals surface area contributed by atoms with Crippen molar-refractivity contribution in [2.24, 2.45) is 7.05 Å². The van der Waals surface area contributed by atoms with Crippen LogP contribution in [0.3, 0.4) is 0 Å². The summed E-state index contributed by atoms with van der Waals surface area (Å²) in [6.07, 6.45) is 5.60. The molecule has 6 nitrogen and oxygen atoms in total. The van der Waals surface area contributed by atoms with Gasteiger partial charge in [-0.2, -0.15) is 5.10 Å². The lowest BCUT2D eigenvalue weighted by molar-refractivity contribution is 0.0157. The quantitative estimate of drug-likeness (QED) is 0.805. The van der Waals surface area contributed by atoms with E-state index in [-0.39, 0.29) is 6.10 Å². The van der Waals surface area contributed by atoms with Gasteiger partial charge in [0, 0.05) is 30.8 Å². The molecule has 0 aliphatic carbocycles. The molecule has 0 spiro atoms. The molecule has 1 aliphatic heterocycles. The van der Waals surface area contributed by atoms with E-state index in [4.69, 9.17) is 9.47 Å². The first-order chi connectivity index (χ1) is 9.72. The van der Waals surface area contributed by atoms with Crippen molar-refractivity contribution in [3.05, 3.63) is 23.5 Å². The molecule has 3 heterocycles.